The maximum absolute atomic E-state index is 12.1. The summed E-state index contributed by atoms with van der Waals surface area (Å²) in [5.74, 6) is 0.754. The number of aromatic nitrogens is 4. The van der Waals surface area contributed by atoms with Gasteiger partial charge in [-0.3, -0.25) is 4.79 Å². The number of anilines is 1. The van der Waals surface area contributed by atoms with Crippen LogP contribution >= 0.6 is 11.8 Å². The molecular weight excluding hydrogens is 378 g/mol. The summed E-state index contributed by atoms with van der Waals surface area (Å²) in [6.07, 6.45) is 0. The quantitative estimate of drug-likeness (QED) is 0.429. The van der Waals surface area contributed by atoms with Crippen molar-refractivity contribution in [2.45, 2.75) is 12.1 Å². The number of carbonyl (C=O) groups excluding carboxylic acids is 1. The maximum Gasteiger partial charge on any atom is 0.234 e. The van der Waals surface area contributed by atoms with E-state index in [9.17, 15) is 9.90 Å². The van der Waals surface area contributed by atoms with E-state index in [0.717, 1.165) is 16.7 Å². The van der Waals surface area contributed by atoms with E-state index in [1.54, 1.807) is 12.1 Å². The highest BCUT2D eigenvalue weighted by Crippen LogP contribution is 2.27. The third-order valence-electron chi connectivity index (χ3n) is 3.94. The van der Waals surface area contributed by atoms with Crippen LogP contribution in [0, 0.1) is 0 Å². The number of hydrogen-bond donors (Lipinski definition) is 3. The number of H-pyrrole nitrogens is 1. The first-order chi connectivity index (χ1) is 13.6. The van der Waals surface area contributed by atoms with Crippen molar-refractivity contribution in [3.8, 4) is 11.5 Å². The number of carbonyl (C=O) groups is 1. The molecule has 0 radical (unpaired) electrons. The molecule has 4 rings (SSSR count). The largest absolute Gasteiger partial charge is 0.508 e. The van der Waals surface area contributed by atoms with Gasteiger partial charge in [-0.1, -0.05) is 17.8 Å². The van der Waals surface area contributed by atoms with Crippen LogP contribution in [-0.4, -0.2) is 43.5 Å². The van der Waals surface area contributed by atoms with Crippen molar-refractivity contribution in [1.29, 1.82) is 0 Å². The molecule has 0 aliphatic rings. The minimum Gasteiger partial charge on any atom is -0.508 e. The summed E-state index contributed by atoms with van der Waals surface area (Å²) in [5.41, 5.74) is 2.68. The van der Waals surface area contributed by atoms with Crippen LogP contribution in [0.5, 0.6) is 11.5 Å². The number of thioether (sulfide) groups is 1. The molecule has 0 atom stereocenters. The van der Waals surface area contributed by atoms with E-state index in [0.29, 0.717) is 28.6 Å². The van der Waals surface area contributed by atoms with Crippen LogP contribution in [0.3, 0.4) is 0 Å². The average molecular weight is 395 g/mol. The SMILES string of the molecule is CCOc1ccc2[nH]c3nc(SCC(=O)Nc4cccc(O)c4)nnc3c2c1. The Labute approximate surface area is 164 Å². The highest BCUT2D eigenvalue weighted by atomic mass is 32.2. The molecule has 0 bridgehead atoms. The molecule has 0 spiro atoms. The number of benzene rings is 2. The van der Waals surface area contributed by atoms with Crippen LogP contribution < -0.4 is 10.1 Å². The second-order valence-corrected chi connectivity index (χ2v) is 6.89. The number of hydrogen-bond acceptors (Lipinski definition) is 7. The van der Waals surface area contributed by atoms with E-state index >= 15 is 0 Å². The topological polar surface area (TPSA) is 113 Å². The normalized spacial score (nSPS) is 11.0. The Hall–Kier alpha value is -3.33. The first-order valence-corrected chi connectivity index (χ1v) is 9.61. The van der Waals surface area contributed by atoms with E-state index in [2.05, 4.69) is 25.5 Å². The predicted molar refractivity (Wildman–Crippen MR) is 108 cm³/mol. The number of aromatic amines is 1. The molecule has 0 unspecified atom stereocenters. The zero-order chi connectivity index (χ0) is 19.5. The molecule has 2 heterocycles. The van der Waals surface area contributed by atoms with Gasteiger partial charge in [0.05, 0.1) is 12.4 Å². The van der Waals surface area contributed by atoms with E-state index in [1.165, 1.54) is 23.9 Å². The van der Waals surface area contributed by atoms with Crippen molar-refractivity contribution in [1.82, 2.24) is 20.2 Å². The zero-order valence-corrected chi connectivity index (χ0v) is 15.8. The Kier molecular flexibility index (Phi) is 4.98. The number of nitrogens with zero attached hydrogens (tertiary/aromatic N) is 3. The summed E-state index contributed by atoms with van der Waals surface area (Å²) in [7, 11) is 0. The fourth-order valence-corrected chi connectivity index (χ4v) is 3.35. The Morgan fingerprint density at radius 2 is 2.14 bits per heavy atom. The summed E-state index contributed by atoms with van der Waals surface area (Å²) < 4.78 is 5.53. The summed E-state index contributed by atoms with van der Waals surface area (Å²) in [5, 5.41) is 21.8. The van der Waals surface area contributed by atoms with Crippen molar-refractivity contribution in [3.63, 3.8) is 0 Å². The molecule has 2 aromatic carbocycles. The molecule has 3 N–H and O–H groups in total. The van der Waals surface area contributed by atoms with Gasteiger partial charge in [0.2, 0.25) is 11.1 Å². The molecule has 4 aromatic rings. The maximum atomic E-state index is 12.1. The van der Waals surface area contributed by atoms with Crippen molar-refractivity contribution < 1.29 is 14.6 Å². The zero-order valence-electron chi connectivity index (χ0n) is 15.0. The lowest BCUT2D eigenvalue weighted by atomic mass is 10.2. The molecule has 0 aliphatic heterocycles. The molecule has 0 saturated carbocycles. The van der Waals surface area contributed by atoms with Crippen molar-refractivity contribution in [3.05, 3.63) is 42.5 Å². The third kappa shape index (κ3) is 3.84. The lowest BCUT2D eigenvalue weighted by Gasteiger charge is -2.04. The van der Waals surface area contributed by atoms with Crippen molar-refractivity contribution in [2.75, 3.05) is 17.7 Å². The van der Waals surface area contributed by atoms with Gasteiger partial charge < -0.3 is 20.1 Å². The van der Waals surface area contributed by atoms with Gasteiger partial charge in [0.25, 0.3) is 0 Å². The summed E-state index contributed by atoms with van der Waals surface area (Å²) in [4.78, 5) is 19.8. The van der Waals surface area contributed by atoms with Crippen LogP contribution in [0.4, 0.5) is 5.69 Å². The summed E-state index contributed by atoms with van der Waals surface area (Å²) in [6.45, 7) is 2.52. The Balaban J connectivity index is 1.48. The first kappa shape index (κ1) is 18.1. The van der Waals surface area contributed by atoms with Gasteiger partial charge in [0.15, 0.2) is 5.65 Å². The molecular formula is C19H17N5O3S. The number of rotatable bonds is 6. The lowest BCUT2D eigenvalue weighted by Crippen LogP contribution is -2.14. The Bertz CT molecular complexity index is 1160. The molecule has 0 aliphatic carbocycles. The molecule has 28 heavy (non-hydrogen) atoms. The highest BCUT2D eigenvalue weighted by molar-refractivity contribution is 7.99. The standard InChI is InChI=1S/C19H17N5O3S/c1-2-27-13-6-7-15-14(9-13)17-18(21-15)22-19(24-23-17)28-10-16(26)20-11-4-3-5-12(25)8-11/h3-9,25H,2,10H2,1H3,(H,20,26)(H,21,22,24). The number of aromatic hydroxyl groups is 1. The molecule has 142 valence electrons. The van der Waals surface area contributed by atoms with Crippen LogP contribution in [0.2, 0.25) is 0 Å². The summed E-state index contributed by atoms with van der Waals surface area (Å²) in [6, 6.07) is 12.1. The Morgan fingerprint density at radius 3 is 2.96 bits per heavy atom. The number of fused-ring (bicyclic) bond motifs is 3. The van der Waals surface area contributed by atoms with E-state index in [4.69, 9.17) is 4.74 Å². The number of phenolic OH excluding ortho intramolecular Hbond substituents is 1. The molecule has 2 aromatic heterocycles. The first-order valence-electron chi connectivity index (χ1n) is 8.63. The van der Waals surface area contributed by atoms with Gasteiger partial charge in [0.1, 0.15) is 17.0 Å². The fraction of sp³-hybridized carbons (Fsp3) is 0.158. The minimum atomic E-state index is -0.225. The van der Waals surface area contributed by atoms with Crippen LogP contribution in [0.1, 0.15) is 6.92 Å². The van der Waals surface area contributed by atoms with Crippen LogP contribution in [0.15, 0.2) is 47.6 Å². The number of amides is 1. The lowest BCUT2D eigenvalue weighted by molar-refractivity contribution is -0.113. The molecule has 0 saturated heterocycles. The Morgan fingerprint density at radius 1 is 1.25 bits per heavy atom. The van der Waals surface area contributed by atoms with Crippen molar-refractivity contribution in [2.24, 2.45) is 0 Å². The van der Waals surface area contributed by atoms with Gasteiger partial charge in [0, 0.05) is 22.7 Å². The number of nitrogens with one attached hydrogen (secondary N) is 2. The molecule has 1 amide bonds. The monoisotopic (exact) mass is 395 g/mol. The average Bonchev–Trinajstić information content (AvgIpc) is 3.04. The van der Waals surface area contributed by atoms with Gasteiger partial charge in [-0.05, 0) is 37.3 Å². The summed E-state index contributed by atoms with van der Waals surface area (Å²) >= 11 is 1.18. The number of phenols is 1. The highest BCUT2D eigenvalue weighted by Gasteiger charge is 2.12. The van der Waals surface area contributed by atoms with E-state index in [1.807, 2.05) is 25.1 Å². The van der Waals surface area contributed by atoms with Crippen LogP contribution in [0.25, 0.3) is 22.1 Å². The third-order valence-corrected chi connectivity index (χ3v) is 4.78. The molecule has 9 heteroatoms. The second kappa shape index (κ2) is 7.73. The van der Waals surface area contributed by atoms with Crippen LogP contribution in [-0.2, 0) is 4.79 Å². The van der Waals surface area contributed by atoms with Crippen molar-refractivity contribution >= 4 is 45.4 Å². The smallest absolute Gasteiger partial charge is 0.234 e. The predicted octanol–water partition coefficient (Wildman–Crippen LogP) is 3.34. The number of ether oxygens (including phenoxy) is 1. The fourth-order valence-electron chi connectivity index (χ4n) is 2.76. The van der Waals surface area contributed by atoms with Gasteiger partial charge in [-0.2, -0.15) is 0 Å². The van der Waals surface area contributed by atoms with Gasteiger partial charge in [-0.15, -0.1) is 10.2 Å². The van der Waals surface area contributed by atoms with Gasteiger partial charge >= 0.3 is 0 Å². The minimum absolute atomic E-state index is 0.0924. The molecule has 0 fully saturated rings. The second-order valence-electron chi connectivity index (χ2n) is 5.94. The van der Waals surface area contributed by atoms with E-state index in [-0.39, 0.29) is 17.4 Å². The van der Waals surface area contributed by atoms with Gasteiger partial charge in [-0.25, -0.2) is 4.98 Å². The van der Waals surface area contributed by atoms with E-state index < -0.39 is 0 Å². The molecule has 8 nitrogen and oxygen atoms in total.